The first-order valence-corrected chi connectivity index (χ1v) is 8.52. The number of likely N-dealkylation sites (tertiary alicyclic amines) is 1. The van der Waals surface area contributed by atoms with Gasteiger partial charge in [0.25, 0.3) is 5.91 Å². The fourth-order valence-electron chi connectivity index (χ4n) is 3.33. The molecule has 0 aliphatic carbocycles. The van der Waals surface area contributed by atoms with E-state index in [1.165, 1.54) is 12.1 Å². The molecule has 0 saturated carbocycles. The number of nitrogens with zero attached hydrogens (tertiary/aromatic N) is 1. The van der Waals surface area contributed by atoms with Crippen molar-refractivity contribution in [2.75, 3.05) is 13.1 Å². The zero-order chi connectivity index (χ0) is 18.7. The van der Waals surface area contributed by atoms with E-state index >= 15 is 0 Å². The second-order valence-corrected chi connectivity index (χ2v) is 6.48. The Bertz CT molecular complexity index is 801. The number of hydrogen-bond acceptors (Lipinski definition) is 3. The van der Waals surface area contributed by atoms with Gasteiger partial charge in [0, 0.05) is 13.1 Å². The number of hydrogen-bond donors (Lipinski definition) is 2. The van der Waals surface area contributed by atoms with Crippen LogP contribution in [0.4, 0.5) is 4.39 Å². The minimum absolute atomic E-state index is 0.0423. The van der Waals surface area contributed by atoms with Crippen LogP contribution in [0.2, 0.25) is 0 Å². The molecule has 2 aromatic rings. The van der Waals surface area contributed by atoms with E-state index in [4.69, 9.17) is 5.11 Å². The number of piperidine rings is 1. The number of halogens is 1. The fraction of sp³-hybridized carbons (Fsp3) is 0.300. The SMILES string of the molecule is O=C(O)c1ccc(C(=O)N2CCC(C(O)c3ccccc3)CC2)c(F)c1. The quantitative estimate of drug-likeness (QED) is 0.881. The summed E-state index contributed by atoms with van der Waals surface area (Å²) >= 11 is 0. The molecule has 1 aliphatic heterocycles. The van der Waals surface area contributed by atoms with Crippen LogP contribution in [0.1, 0.15) is 45.2 Å². The highest BCUT2D eigenvalue weighted by atomic mass is 19.1. The largest absolute Gasteiger partial charge is 0.478 e. The minimum Gasteiger partial charge on any atom is -0.478 e. The fourth-order valence-corrected chi connectivity index (χ4v) is 3.33. The van der Waals surface area contributed by atoms with Crippen LogP contribution in [-0.2, 0) is 0 Å². The predicted molar refractivity (Wildman–Crippen MR) is 93.4 cm³/mol. The predicted octanol–water partition coefficient (Wildman–Crippen LogP) is 3.11. The van der Waals surface area contributed by atoms with Gasteiger partial charge in [-0.1, -0.05) is 30.3 Å². The van der Waals surface area contributed by atoms with E-state index in [2.05, 4.69) is 0 Å². The van der Waals surface area contributed by atoms with Crippen LogP contribution in [0, 0.1) is 11.7 Å². The summed E-state index contributed by atoms with van der Waals surface area (Å²) in [6.07, 6.45) is 0.660. The van der Waals surface area contributed by atoms with Crippen molar-refractivity contribution in [3.8, 4) is 0 Å². The zero-order valence-electron chi connectivity index (χ0n) is 14.1. The first kappa shape index (κ1) is 18.1. The Morgan fingerprint density at radius 3 is 2.31 bits per heavy atom. The molecule has 1 aliphatic rings. The average Bonchev–Trinajstić information content (AvgIpc) is 2.67. The minimum atomic E-state index is -1.24. The van der Waals surface area contributed by atoms with Gasteiger partial charge in [0.2, 0.25) is 0 Å². The number of benzene rings is 2. The molecular weight excluding hydrogens is 337 g/mol. The van der Waals surface area contributed by atoms with Crippen LogP contribution < -0.4 is 0 Å². The van der Waals surface area contributed by atoms with Gasteiger partial charge in [-0.05, 0) is 42.5 Å². The summed E-state index contributed by atoms with van der Waals surface area (Å²) in [4.78, 5) is 24.9. The standard InChI is InChI=1S/C20H20FNO4/c21-17-12-15(20(25)26)6-7-16(17)19(24)22-10-8-14(9-11-22)18(23)13-4-2-1-3-5-13/h1-7,12,14,18,23H,8-11H2,(H,25,26). The summed E-state index contributed by atoms with van der Waals surface area (Å²) in [5.74, 6) is -2.48. The van der Waals surface area contributed by atoms with Crippen molar-refractivity contribution in [3.63, 3.8) is 0 Å². The molecule has 1 heterocycles. The Kier molecular flexibility index (Phi) is 5.32. The highest BCUT2D eigenvalue weighted by Crippen LogP contribution is 2.31. The maximum Gasteiger partial charge on any atom is 0.335 e. The van der Waals surface area contributed by atoms with Crippen molar-refractivity contribution in [3.05, 3.63) is 71.0 Å². The number of aliphatic hydroxyl groups is 1. The van der Waals surface area contributed by atoms with Crippen LogP contribution in [0.15, 0.2) is 48.5 Å². The lowest BCUT2D eigenvalue weighted by Crippen LogP contribution is -2.40. The van der Waals surface area contributed by atoms with E-state index in [-0.39, 0.29) is 17.0 Å². The van der Waals surface area contributed by atoms with E-state index in [1.54, 1.807) is 4.90 Å². The second-order valence-electron chi connectivity index (χ2n) is 6.48. The Morgan fingerprint density at radius 2 is 1.73 bits per heavy atom. The van der Waals surface area contributed by atoms with E-state index in [0.717, 1.165) is 11.6 Å². The third-order valence-corrected chi connectivity index (χ3v) is 4.86. The molecule has 0 aromatic heterocycles. The molecule has 6 heteroatoms. The van der Waals surface area contributed by atoms with Crippen molar-refractivity contribution in [1.82, 2.24) is 4.90 Å². The van der Waals surface area contributed by atoms with Crippen LogP contribution in [-0.4, -0.2) is 40.1 Å². The van der Waals surface area contributed by atoms with Gasteiger partial charge in [0.15, 0.2) is 0 Å². The monoisotopic (exact) mass is 357 g/mol. The van der Waals surface area contributed by atoms with Gasteiger partial charge in [-0.2, -0.15) is 0 Å². The van der Waals surface area contributed by atoms with Crippen LogP contribution in [0.3, 0.4) is 0 Å². The molecule has 2 N–H and O–H groups in total. The molecule has 5 nitrogen and oxygen atoms in total. The summed E-state index contributed by atoms with van der Waals surface area (Å²) < 4.78 is 14.1. The number of aliphatic hydroxyl groups excluding tert-OH is 1. The van der Waals surface area contributed by atoms with E-state index < -0.39 is 23.8 Å². The number of carboxylic acid groups (broad SMARTS) is 1. The zero-order valence-corrected chi connectivity index (χ0v) is 14.1. The Morgan fingerprint density at radius 1 is 1.08 bits per heavy atom. The Balaban J connectivity index is 1.64. The normalized spacial score (nSPS) is 16.3. The molecule has 1 fully saturated rings. The Labute approximate surface area is 150 Å². The molecule has 26 heavy (non-hydrogen) atoms. The molecule has 1 atom stereocenters. The molecule has 0 bridgehead atoms. The van der Waals surface area contributed by atoms with E-state index in [9.17, 15) is 19.1 Å². The molecule has 2 aromatic carbocycles. The van der Waals surface area contributed by atoms with Crippen LogP contribution >= 0.6 is 0 Å². The van der Waals surface area contributed by atoms with Crippen molar-refractivity contribution < 1.29 is 24.2 Å². The lowest BCUT2D eigenvalue weighted by Gasteiger charge is -2.34. The van der Waals surface area contributed by atoms with Crippen molar-refractivity contribution >= 4 is 11.9 Å². The van der Waals surface area contributed by atoms with Gasteiger partial charge in [-0.25, -0.2) is 9.18 Å². The number of carbonyl (C=O) groups excluding carboxylic acids is 1. The highest BCUT2D eigenvalue weighted by Gasteiger charge is 2.29. The van der Waals surface area contributed by atoms with Crippen molar-refractivity contribution in [1.29, 1.82) is 0 Å². The molecular formula is C20H20FNO4. The van der Waals surface area contributed by atoms with Gasteiger partial charge >= 0.3 is 5.97 Å². The van der Waals surface area contributed by atoms with Crippen molar-refractivity contribution in [2.24, 2.45) is 5.92 Å². The van der Waals surface area contributed by atoms with E-state index in [1.807, 2.05) is 30.3 Å². The van der Waals surface area contributed by atoms with Crippen LogP contribution in [0.25, 0.3) is 0 Å². The number of amides is 1. The maximum atomic E-state index is 14.1. The first-order valence-electron chi connectivity index (χ1n) is 8.52. The number of carboxylic acids is 1. The summed E-state index contributed by atoms with van der Waals surface area (Å²) in [5, 5.41) is 19.4. The topological polar surface area (TPSA) is 77.8 Å². The second kappa shape index (κ2) is 7.66. The summed E-state index contributed by atoms with van der Waals surface area (Å²) in [6.45, 7) is 0.848. The van der Waals surface area contributed by atoms with Gasteiger partial charge in [0.05, 0.1) is 17.2 Å². The third kappa shape index (κ3) is 3.75. The molecule has 1 unspecified atom stereocenters. The molecule has 3 rings (SSSR count). The molecule has 136 valence electrons. The molecule has 0 spiro atoms. The highest BCUT2D eigenvalue weighted by molar-refractivity contribution is 5.96. The van der Waals surface area contributed by atoms with Crippen molar-refractivity contribution in [2.45, 2.75) is 18.9 Å². The van der Waals surface area contributed by atoms with Gasteiger partial charge in [0.1, 0.15) is 5.82 Å². The van der Waals surface area contributed by atoms with Crippen LogP contribution in [0.5, 0.6) is 0 Å². The lowest BCUT2D eigenvalue weighted by molar-refractivity contribution is 0.0459. The average molecular weight is 357 g/mol. The maximum absolute atomic E-state index is 14.1. The number of aromatic carboxylic acids is 1. The number of carbonyl (C=O) groups is 2. The van der Waals surface area contributed by atoms with E-state index in [0.29, 0.717) is 25.9 Å². The number of rotatable bonds is 4. The van der Waals surface area contributed by atoms with Gasteiger partial charge in [-0.3, -0.25) is 4.79 Å². The molecule has 1 saturated heterocycles. The lowest BCUT2D eigenvalue weighted by atomic mass is 9.87. The van der Waals surface area contributed by atoms with Gasteiger partial charge in [-0.15, -0.1) is 0 Å². The van der Waals surface area contributed by atoms with Gasteiger partial charge < -0.3 is 15.1 Å². The summed E-state index contributed by atoms with van der Waals surface area (Å²) in [6, 6.07) is 12.7. The summed E-state index contributed by atoms with van der Waals surface area (Å²) in [7, 11) is 0. The first-order chi connectivity index (χ1) is 12.5. The molecule has 0 radical (unpaired) electrons. The Hall–Kier alpha value is -2.73. The third-order valence-electron chi connectivity index (χ3n) is 4.86. The summed E-state index contributed by atoms with van der Waals surface area (Å²) in [5.41, 5.74) is 0.536. The smallest absolute Gasteiger partial charge is 0.335 e. The molecule has 1 amide bonds.